The molecule has 0 atom stereocenters. The molecule has 2 aromatic rings. The Labute approximate surface area is 132 Å². The molecular weight excluding hydrogens is 298 g/mol. The van der Waals surface area contributed by atoms with E-state index in [1.54, 1.807) is 25.1 Å². The minimum atomic E-state index is -0.834. The van der Waals surface area contributed by atoms with E-state index in [-0.39, 0.29) is 0 Å². The molecule has 0 saturated carbocycles. The first-order valence-corrected chi connectivity index (χ1v) is 6.74. The highest BCUT2D eigenvalue weighted by molar-refractivity contribution is 6.43. The van der Waals surface area contributed by atoms with Gasteiger partial charge in [0.05, 0.1) is 12.7 Å². The maximum absolute atomic E-state index is 11.8. The molecule has 7 nitrogen and oxygen atoms in total. The van der Waals surface area contributed by atoms with Crippen LogP contribution in [-0.4, -0.2) is 29.9 Å². The van der Waals surface area contributed by atoms with Crippen molar-refractivity contribution < 1.29 is 19.1 Å². The van der Waals surface area contributed by atoms with Crippen LogP contribution in [0.15, 0.2) is 42.5 Å². The van der Waals surface area contributed by atoms with Crippen LogP contribution in [0, 0.1) is 6.92 Å². The van der Waals surface area contributed by atoms with Crippen molar-refractivity contribution in [3.63, 3.8) is 0 Å². The van der Waals surface area contributed by atoms with Crippen molar-refractivity contribution in [1.82, 2.24) is 4.98 Å². The number of pyridine rings is 1. The minimum absolute atomic E-state index is 0.297. The van der Waals surface area contributed by atoms with Crippen LogP contribution in [-0.2, 0) is 14.3 Å². The molecule has 7 heteroatoms. The van der Waals surface area contributed by atoms with E-state index in [2.05, 4.69) is 20.4 Å². The van der Waals surface area contributed by atoms with Gasteiger partial charge in [-0.2, -0.15) is 0 Å². The van der Waals surface area contributed by atoms with Gasteiger partial charge in [-0.1, -0.05) is 6.07 Å². The Balaban J connectivity index is 1.98. The second kappa shape index (κ2) is 7.17. The lowest BCUT2D eigenvalue weighted by molar-refractivity contribution is -0.133. The summed E-state index contributed by atoms with van der Waals surface area (Å²) in [6.07, 6.45) is 0. The number of rotatable bonds is 3. The highest BCUT2D eigenvalue weighted by Crippen LogP contribution is 2.11. The fourth-order valence-corrected chi connectivity index (χ4v) is 1.78. The van der Waals surface area contributed by atoms with E-state index in [0.717, 1.165) is 5.69 Å². The van der Waals surface area contributed by atoms with Crippen LogP contribution in [0.25, 0.3) is 0 Å². The molecule has 0 radical (unpaired) electrons. The van der Waals surface area contributed by atoms with Crippen LogP contribution in [0.5, 0.6) is 0 Å². The lowest BCUT2D eigenvalue weighted by Gasteiger charge is -2.07. The van der Waals surface area contributed by atoms with Gasteiger partial charge in [0.2, 0.25) is 0 Å². The van der Waals surface area contributed by atoms with Gasteiger partial charge >= 0.3 is 17.8 Å². The van der Waals surface area contributed by atoms with Crippen LogP contribution < -0.4 is 10.6 Å². The zero-order chi connectivity index (χ0) is 16.8. The average Bonchev–Trinajstić information content (AvgIpc) is 2.54. The van der Waals surface area contributed by atoms with E-state index in [4.69, 9.17) is 0 Å². The van der Waals surface area contributed by atoms with Crippen LogP contribution in [0.2, 0.25) is 0 Å². The zero-order valence-corrected chi connectivity index (χ0v) is 12.6. The highest BCUT2D eigenvalue weighted by atomic mass is 16.5. The summed E-state index contributed by atoms with van der Waals surface area (Å²) in [5.41, 5.74) is 1.45. The third kappa shape index (κ3) is 4.37. The number of carbonyl (C=O) groups is 3. The topological polar surface area (TPSA) is 97.4 Å². The number of hydrogen-bond acceptors (Lipinski definition) is 5. The number of methoxy groups -OCH3 is 1. The summed E-state index contributed by atoms with van der Waals surface area (Å²) < 4.78 is 4.57. The van der Waals surface area contributed by atoms with Crippen LogP contribution >= 0.6 is 0 Å². The molecule has 0 unspecified atom stereocenters. The van der Waals surface area contributed by atoms with Gasteiger partial charge in [-0.3, -0.25) is 9.59 Å². The Morgan fingerprint density at radius 1 is 0.957 bits per heavy atom. The molecule has 0 aliphatic carbocycles. The number of aromatic nitrogens is 1. The third-order valence-electron chi connectivity index (χ3n) is 2.90. The first kappa shape index (κ1) is 16.2. The lowest BCUT2D eigenvalue weighted by Crippen LogP contribution is -2.29. The number of carbonyl (C=O) groups excluding carboxylic acids is 3. The molecule has 0 fully saturated rings. The van der Waals surface area contributed by atoms with E-state index in [0.29, 0.717) is 17.1 Å². The maximum Gasteiger partial charge on any atom is 0.337 e. The van der Waals surface area contributed by atoms with Gasteiger partial charge in [0.1, 0.15) is 5.82 Å². The molecule has 0 aliphatic rings. The molecule has 0 bridgehead atoms. The van der Waals surface area contributed by atoms with Crippen LogP contribution in [0.1, 0.15) is 16.1 Å². The molecule has 0 aliphatic heterocycles. The zero-order valence-electron chi connectivity index (χ0n) is 12.6. The van der Waals surface area contributed by atoms with E-state index in [1.807, 2.05) is 0 Å². The van der Waals surface area contributed by atoms with Gasteiger partial charge in [0, 0.05) is 11.4 Å². The first-order chi connectivity index (χ1) is 11.0. The average molecular weight is 313 g/mol. The number of anilines is 2. The molecule has 2 N–H and O–H groups in total. The maximum atomic E-state index is 11.8. The Morgan fingerprint density at radius 3 is 2.22 bits per heavy atom. The summed E-state index contributed by atoms with van der Waals surface area (Å²) in [5.74, 6) is -1.85. The van der Waals surface area contributed by atoms with Crippen molar-refractivity contribution in [2.45, 2.75) is 6.92 Å². The fraction of sp³-hybridized carbons (Fsp3) is 0.125. The molecule has 1 aromatic heterocycles. The Hall–Kier alpha value is -3.22. The van der Waals surface area contributed by atoms with E-state index < -0.39 is 17.8 Å². The predicted octanol–water partition coefficient (Wildman–Crippen LogP) is 1.75. The summed E-state index contributed by atoms with van der Waals surface area (Å²) in [4.78, 5) is 39.0. The van der Waals surface area contributed by atoms with Crippen molar-refractivity contribution in [1.29, 1.82) is 0 Å². The molecule has 0 spiro atoms. The molecular formula is C16H15N3O4. The largest absolute Gasteiger partial charge is 0.465 e. The SMILES string of the molecule is COC(=O)c1ccc(NC(=O)C(=O)Nc2cccc(C)n2)cc1. The fourth-order valence-electron chi connectivity index (χ4n) is 1.78. The first-order valence-electron chi connectivity index (χ1n) is 6.74. The quantitative estimate of drug-likeness (QED) is 0.664. The molecule has 2 rings (SSSR count). The summed E-state index contributed by atoms with van der Waals surface area (Å²) in [5, 5.41) is 4.84. The molecule has 0 saturated heterocycles. The molecule has 23 heavy (non-hydrogen) atoms. The van der Waals surface area contributed by atoms with E-state index >= 15 is 0 Å². The smallest absolute Gasteiger partial charge is 0.337 e. The second-order valence-corrected chi connectivity index (χ2v) is 4.64. The number of nitrogens with one attached hydrogen (secondary N) is 2. The lowest BCUT2D eigenvalue weighted by atomic mass is 10.2. The van der Waals surface area contributed by atoms with Gasteiger partial charge < -0.3 is 15.4 Å². The van der Waals surface area contributed by atoms with E-state index in [1.165, 1.54) is 31.4 Å². The van der Waals surface area contributed by atoms with Gasteiger partial charge in [-0.15, -0.1) is 0 Å². The minimum Gasteiger partial charge on any atom is -0.465 e. The van der Waals surface area contributed by atoms with Crippen molar-refractivity contribution in [2.75, 3.05) is 17.7 Å². The molecule has 1 aromatic carbocycles. The summed E-state index contributed by atoms with van der Waals surface area (Å²) in [7, 11) is 1.28. The monoisotopic (exact) mass is 313 g/mol. The standard InChI is InChI=1S/C16H15N3O4/c1-10-4-3-5-13(17-10)19-15(21)14(20)18-12-8-6-11(7-9-12)16(22)23-2/h3-9H,1-2H3,(H,18,20)(H,17,19,21). The number of aryl methyl sites for hydroxylation is 1. The van der Waals surface area contributed by atoms with Gasteiger partial charge in [0.25, 0.3) is 0 Å². The van der Waals surface area contributed by atoms with Gasteiger partial charge in [-0.25, -0.2) is 9.78 Å². The molecule has 2 amide bonds. The number of ether oxygens (including phenoxy) is 1. The summed E-state index contributed by atoms with van der Waals surface area (Å²) >= 11 is 0. The van der Waals surface area contributed by atoms with E-state index in [9.17, 15) is 14.4 Å². The predicted molar refractivity (Wildman–Crippen MR) is 84.0 cm³/mol. The number of nitrogens with zero attached hydrogens (tertiary/aromatic N) is 1. The summed E-state index contributed by atoms with van der Waals surface area (Å²) in [6, 6.07) is 11.1. The second-order valence-electron chi connectivity index (χ2n) is 4.64. The van der Waals surface area contributed by atoms with Gasteiger partial charge in [0.15, 0.2) is 0 Å². The van der Waals surface area contributed by atoms with Crippen molar-refractivity contribution in [2.24, 2.45) is 0 Å². The molecule has 118 valence electrons. The third-order valence-corrected chi connectivity index (χ3v) is 2.90. The van der Waals surface area contributed by atoms with Crippen molar-refractivity contribution in [3.8, 4) is 0 Å². The Kier molecular flexibility index (Phi) is 5.03. The van der Waals surface area contributed by atoms with Crippen LogP contribution in [0.3, 0.4) is 0 Å². The van der Waals surface area contributed by atoms with Crippen LogP contribution in [0.4, 0.5) is 11.5 Å². The Bertz CT molecular complexity index is 741. The number of benzene rings is 1. The Morgan fingerprint density at radius 2 is 1.61 bits per heavy atom. The van der Waals surface area contributed by atoms with Gasteiger partial charge in [-0.05, 0) is 43.3 Å². The summed E-state index contributed by atoms with van der Waals surface area (Å²) in [6.45, 7) is 1.78. The number of esters is 1. The normalized spacial score (nSPS) is 9.83. The highest BCUT2D eigenvalue weighted by Gasteiger charge is 2.15. The molecule has 1 heterocycles. The number of amides is 2. The van der Waals surface area contributed by atoms with Crippen molar-refractivity contribution >= 4 is 29.3 Å². The number of hydrogen-bond donors (Lipinski definition) is 2. The van der Waals surface area contributed by atoms with Crippen molar-refractivity contribution in [3.05, 3.63) is 53.7 Å².